The summed E-state index contributed by atoms with van der Waals surface area (Å²) in [5.74, 6) is 1.16. The number of benzene rings is 2. The summed E-state index contributed by atoms with van der Waals surface area (Å²) in [5, 5.41) is 0. The highest BCUT2D eigenvalue weighted by atomic mass is 15.3. The molecule has 0 bridgehead atoms. The van der Waals surface area contributed by atoms with Crippen molar-refractivity contribution in [2.45, 2.75) is 20.0 Å². The molecule has 4 rings (SSSR count). The van der Waals surface area contributed by atoms with Crippen LogP contribution in [0.15, 0.2) is 48.5 Å². The van der Waals surface area contributed by atoms with E-state index in [4.69, 9.17) is 4.98 Å². The van der Waals surface area contributed by atoms with E-state index in [2.05, 4.69) is 76.9 Å². The molecule has 4 heteroatoms. The Kier molecular flexibility index (Phi) is 4.55. The zero-order chi connectivity index (χ0) is 17.2. The summed E-state index contributed by atoms with van der Waals surface area (Å²) in [6.45, 7) is 8.61. The summed E-state index contributed by atoms with van der Waals surface area (Å²) in [6.07, 6.45) is 0. The Bertz CT molecular complexity index is 859. The van der Waals surface area contributed by atoms with Crippen molar-refractivity contribution in [1.82, 2.24) is 19.4 Å². The lowest BCUT2D eigenvalue weighted by Gasteiger charge is -2.34. The highest BCUT2D eigenvalue weighted by Crippen LogP contribution is 2.17. The van der Waals surface area contributed by atoms with E-state index in [1.54, 1.807) is 0 Å². The monoisotopic (exact) mass is 334 g/mol. The molecule has 0 unspecified atom stereocenters. The van der Waals surface area contributed by atoms with Crippen LogP contribution in [-0.2, 0) is 20.1 Å². The lowest BCUT2D eigenvalue weighted by atomic mass is 10.1. The number of piperazine rings is 1. The first-order chi connectivity index (χ1) is 12.2. The van der Waals surface area contributed by atoms with Crippen LogP contribution in [0.2, 0.25) is 0 Å². The molecular weight excluding hydrogens is 308 g/mol. The maximum atomic E-state index is 4.81. The largest absolute Gasteiger partial charge is 0.330 e. The van der Waals surface area contributed by atoms with Gasteiger partial charge in [-0.1, -0.05) is 42.0 Å². The van der Waals surface area contributed by atoms with Crippen molar-refractivity contribution in [1.29, 1.82) is 0 Å². The molecule has 1 saturated heterocycles. The quantitative estimate of drug-likeness (QED) is 0.732. The van der Waals surface area contributed by atoms with Gasteiger partial charge in [-0.15, -0.1) is 0 Å². The Morgan fingerprint density at radius 2 is 1.60 bits per heavy atom. The summed E-state index contributed by atoms with van der Waals surface area (Å²) in [4.78, 5) is 9.89. The van der Waals surface area contributed by atoms with Gasteiger partial charge in [0.1, 0.15) is 5.82 Å². The van der Waals surface area contributed by atoms with Crippen molar-refractivity contribution in [3.05, 3.63) is 65.5 Å². The van der Waals surface area contributed by atoms with Crippen LogP contribution in [0.1, 0.15) is 17.0 Å². The molecule has 0 N–H and O–H groups in total. The number of hydrogen-bond donors (Lipinski definition) is 0. The van der Waals surface area contributed by atoms with Crippen molar-refractivity contribution in [3.8, 4) is 0 Å². The Hall–Kier alpha value is -2.17. The molecule has 0 radical (unpaired) electrons. The van der Waals surface area contributed by atoms with Crippen molar-refractivity contribution in [3.63, 3.8) is 0 Å². The van der Waals surface area contributed by atoms with E-state index in [0.29, 0.717) is 0 Å². The standard InChI is InChI=1S/C21H26N4/c1-17-6-5-7-18(14-17)15-24-10-12-25(13-11-24)16-21-22-19-8-3-4-9-20(19)23(21)2/h3-9,14H,10-13,15-16H2,1-2H3. The van der Waals surface area contributed by atoms with Crippen molar-refractivity contribution in [2.24, 2.45) is 7.05 Å². The summed E-state index contributed by atoms with van der Waals surface area (Å²) >= 11 is 0. The van der Waals surface area contributed by atoms with Gasteiger partial charge in [-0.05, 0) is 24.6 Å². The number of rotatable bonds is 4. The maximum Gasteiger partial charge on any atom is 0.123 e. The van der Waals surface area contributed by atoms with Gasteiger partial charge in [0.2, 0.25) is 0 Å². The molecule has 130 valence electrons. The van der Waals surface area contributed by atoms with Crippen LogP contribution in [0.25, 0.3) is 11.0 Å². The third-order valence-corrected chi connectivity index (χ3v) is 5.20. The van der Waals surface area contributed by atoms with Crippen LogP contribution in [0, 0.1) is 6.92 Å². The fourth-order valence-electron chi connectivity index (χ4n) is 3.71. The van der Waals surface area contributed by atoms with Crippen LogP contribution >= 0.6 is 0 Å². The number of imidazole rings is 1. The summed E-state index contributed by atoms with van der Waals surface area (Å²) in [6, 6.07) is 17.2. The average molecular weight is 334 g/mol. The fourth-order valence-corrected chi connectivity index (χ4v) is 3.71. The molecule has 0 aliphatic carbocycles. The van der Waals surface area contributed by atoms with Crippen LogP contribution in [0.3, 0.4) is 0 Å². The first-order valence-electron chi connectivity index (χ1n) is 9.09. The number of fused-ring (bicyclic) bond motifs is 1. The fraction of sp³-hybridized carbons (Fsp3) is 0.381. The number of hydrogen-bond acceptors (Lipinski definition) is 3. The SMILES string of the molecule is Cc1cccc(CN2CCN(Cc3nc4ccccc4n3C)CC2)c1. The second-order valence-electron chi connectivity index (χ2n) is 7.12. The predicted octanol–water partition coefficient (Wildman–Crippen LogP) is 3.20. The van der Waals surface area contributed by atoms with E-state index in [1.807, 2.05) is 0 Å². The molecule has 2 heterocycles. The second kappa shape index (κ2) is 6.98. The lowest BCUT2D eigenvalue weighted by molar-refractivity contribution is 0.119. The Labute approximate surface area is 149 Å². The van der Waals surface area contributed by atoms with Gasteiger partial charge in [0, 0.05) is 39.8 Å². The van der Waals surface area contributed by atoms with E-state index in [-0.39, 0.29) is 0 Å². The first-order valence-corrected chi connectivity index (χ1v) is 9.09. The van der Waals surface area contributed by atoms with Gasteiger partial charge in [-0.2, -0.15) is 0 Å². The predicted molar refractivity (Wildman–Crippen MR) is 102 cm³/mol. The van der Waals surface area contributed by atoms with Gasteiger partial charge in [0.05, 0.1) is 17.6 Å². The van der Waals surface area contributed by atoms with Gasteiger partial charge in [-0.3, -0.25) is 9.80 Å². The van der Waals surface area contributed by atoms with E-state index in [0.717, 1.165) is 50.6 Å². The Morgan fingerprint density at radius 3 is 2.32 bits per heavy atom. The summed E-state index contributed by atoms with van der Waals surface area (Å²) in [5.41, 5.74) is 5.08. The normalized spacial score (nSPS) is 16.6. The zero-order valence-corrected chi connectivity index (χ0v) is 15.2. The van der Waals surface area contributed by atoms with Crippen molar-refractivity contribution >= 4 is 11.0 Å². The molecule has 0 atom stereocenters. The molecule has 0 amide bonds. The zero-order valence-electron chi connectivity index (χ0n) is 15.2. The highest BCUT2D eigenvalue weighted by Gasteiger charge is 2.19. The van der Waals surface area contributed by atoms with E-state index < -0.39 is 0 Å². The summed E-state index contributed by atoms with van der Waals surface area (Å²) in [7, 11) is 2.12. The number of para-hydroxylation sites is 2. The van der Waals surface area contributed by atoms with Crippen LogP contribution in [0.4, 0.5) is 0 Å². The maximum absolute atomic E-state index is 4.81. The lowest BCUT2D eigenvalue weighted by Crippen LogP contribution is -2.45. The molecule has 3 aromatic rings. The molecule has 0 spiro atoms. The Balaban J connectivity index is 1.36. The molecule has 0 saturated carbocycles. The minimum absolute atomic E-state index is 0.934. The van der Waals surface area contributed by atoms with E-state index in [1.165, 1.54) is 16.6 Å². The first kappa shape index (κ1) is 16.3. The van der Waals surface area contributed by atoms with Gasteiger partial charge < -0.3 is 4.57 Å². The van der Waals surface area contributed by atoms with Crippen molar-refractivity contribution < 1.29 is 0 Å². The van der Waals surface area contributed by atoms with Crippen LogP contribution in [-0.4, -0.2) is 45.5 Å². The third-order valence-electron chi connectivity index (χ3n) is 5.20. The van der Waals surface area contributed by atoms with E-state index >= 15 is 0 Å². The minimum Gasteiger partial charge on any atom is -0.330 e. The van der Waals surface area contributed by atoms with Gasteiger partial charge >= 0.3 is 0 Å². The Morgan fingerprint density at radius 1 is 0.880 bits per heavy atom. The molecule has 1 fully saturated rings. The van der Waals surface area contributed by atoms with E-state index in [9.17, 15) is 0 Å². The van der Waals surface area contributed by atoms with Crippen LogP contribution < -0.4 is 0 Å². The second-order valence-corrected chi connectivity index (χ2v) is 7.12. The number of aromatic nitrogens is 2. The third kappa shape index (κ3) is 3.60. The number of aryl methyl sites for hydroxylation is 2. The summed E-state index contributed by atoms with van der Waals surface area (Å²) < 4.78 is 2.23. The molecule has 4 nitrogen and oxygen atoms in total. The molecular formula is C21H26N4. The smallest absolute Gasteiger partial charge is 0.123 e. The van der Waals surface area contributed by atoms with Crippen molar-refractivity contribution in [2.75, 3.05) is 26.2 Å². The highest BCUT2D eigenvalue weighted by molar-refractivity contribution is 5.75. The minimum atomic E-state index is 0.934. The number of nitrogens with zero attached hydrogens (tertiary/aromatic N) is 4. The topological polar surface area (TPSA) is 24.3 Å². The molecule has 1 aliphatic rings. The average Bonchev–Trinajstić information content (AvgIpc) is 2.93. The molecule has 1 aromatic heterocycles. The van der Waals surface area contributed by atoms with Gasteiger partial charge in [0.15, 0.2) is 0 Å². The van der Waals surface area contributed by atoms with Gasteiger partial charge in [0.25, 0.3) is 0 Å². The van der Waals surface area contributed by atoms with Crippen LogP contribution in [0.5, 0.6) is 0 Å². The molecule has 2 aromatic carbocycles. The molecule has 1 aliphatic heterocycles. The van der Waals surface area contributed by atoms with Gasteiger partial charge in [-0.25, -0.2) is 4.98 Å². The molecule has 25 heavy (non-hydrogen) atoms.